The van der Waals surface area contributed by atoms with E-state index in [9.17, 15) is 10.2 Å². The van der Waals surface area contributed by atoms with Crippen molar-refractivity contribution in [1.29, 1.82) is 0 Å². The third-order valence-corrected chi connectivity index (χ3v) is 18.4. The van der Waals surface area contributed by atoms with E-state index >= 15 is 0 Å². The van der Waals surface area contributed by atoms with Crippen molar-refractivity contribution in [3.63, 3.8) is 0 Å². The Bertz CT molecular complexity index is 655. The van der Waals surface area contributed by atoms with Gasteiger partial charge >= 0.3 is 180 Å². The van der Waals surface area contributed by atoms with Crippen molar-refractivity contribution in [2.45, 2.75) is 90.2 Å². The molecule has 0 amide bonds. The van der Waals surface area contributed by atoms with Crippen LogP contribution in [0.1, 0.15) is 39.5 Å². The molecule has 1 aliphatic heterocycles. The van der Waals surface area contributed by atoms with Gasteiger partial charge in [0.2, 0.25) is 0 Å². The van der Waals surface area contributed by atoms with Gasteiger partial charge in [0.05, 0.1) is 0 Å². The number of hydrogen-bond donors (Lipinski definition) is 2. The molecule has 0 aromatic carbocycles. The van der Waals surface area contributed by atoms with Crippen molar-refractivity contribution < 1.29 is 19.7 Å². The second-order valence-corrected chi connectivity index (χ2v) is 35.9. The zero-order valence-corrected chi connectivity index (χ0v) is 29.3. The fourth-order valence-electron chi connectivity index (χ4n) is 4.22. The van der Waals surface area contributed by atoms with Crippen molar-refractivity contribution in [1.82, 2.24) is 0 Å². The summed E-state index contributed by atoms with van der Waals surface area (Å²) in [4.78, 5) is 6.96. The van der Waals surface area contributed by atoms with Crippen LogP contribution in [-0.2, 0) is 9.47 Å². The number of rotatable bonds is 17. The van der Waals surface area contributed by atoms with E-state index in [0.717, 1.165) is 41.0 Å². The van der Waals surface area contributed by atoms with Gasteiger partial charge in [0, 0.05) is 14.7 Å². The molecule has 1 aliphatic rings. The van der Waals surface area contributed by atoms with E-state index < -0.39 is 32.6 Å². The molecule has 1 rings (SSSR count). The fourth-order valence-corrected chi connectivity index (χ4v) is 12.6. The Balaban J connectivity index is 2.59. The molecule has 0 aromatic rings. The quantitative estimate of drug-likeness (QED) is 0.0761. The van der Waals surface area contributed by atoms with Crippen molar-refractivity contribution in [2.24, 2.45) is 11.8 Å². The van der Waals surface area contributed by atoms with Crippen LogP contribution in [0.3, 0.4) is 0 Å². The van der Waals surface area contributed by atoms with Gasteiger partial charge < -0.3 is 4.74 Å². The Kier molecular flexibility index (Phi) is 15.8. The molecule has 3 atom stereocenters. The predicted octanol–water partition coefficient (Wildman–Crippen LogP) is 7.04. The first-order valence-corrected chi connectivity index (χ1v) is 29.0. The van der Waals surface area contributed by atoms with Crippen LogP contribution < -0.4 is 0 Å². The van der Waals surface area contributed by atoms with Crippen LogP contribution in [0.15, 0.2) is 21.8 Å². The zero-order valence-electron chi connectivity index (χ0n) is 23.8. The second-order valence-electron chi connectivity index (χ2n) is 12.5. The minimum absolute atomic E-state index is 0.00473. The van der Waals surface area contributed by atoms with E-state index in [-0.39, 0.29) is 16.6 Å². The van der Waals surface area contributed by atoms with E-state index in [1.54, 1.807) is 0 Å². The van der Waals surface area contributed by atoms with E-state index in [2.05, 4.69) is 61.0 Å². The van der Waals surface area contributed by atoms with Crippen LogP contribution in [0.2, 0.25) is 40.5 Å². The summed E-state index contributed by atoms with van der Waals surface area (Å²) in [5.41, 5.74) is 1.25. The summed E-state index contributed by atoms with van der Waals surface area (Å²) in [6.07, 6.45) is 5.98. The van der Waals surface area contributed by atoms with Gasteiger partial charge in [0.15, 0.2) is 0 Å². The van der Waals surface area contributed by atoms with Gasteiger partial charge in [-0.05, 0) is 6.04 Å². The Morgan fingerprint density at radius 1 is 1.17 bits per heavy atom. The molecule has 4 nitrogen and oxygen atoms in total. The monoisotopic (exact) mass is 654 g/mol. The van der Waals surface area contributed by atoms with Gasteiger partial charge in [-0.2, -0.15) is 0 Å². The Morgan fingerprint density at radius 3 is 2.34 bits per heavy atom. The molecule has 0 radical (unpaired) electrons. The van der Waals surface area contributed by atoms with E-state index in [4.69, 9.17) is 9.47 Å². The summed E-state index contributed by atoms with van der Waals surface area (Å²) in [7, 11) is -1.04. The molecule has 2 N–H and O–H groups in total. The van der Waals surface area contributed by atoms with Crippen LogP contribution in [0.25, 0.3) is 0 Å². The molecule has 35 heavy (non-hydrogen) atoms. The van der Waals surface area contributed by atoms with Gasteiger partial charge in [0.1, 0.15) is 6.79 Å². The van der Waals surface area contributed by atoms with Crippen molar-refractivity contribution in [3.8, 4) is 0 Å². The average molecular weight is 654 g/mol. The van der Waals surface area contributed by atoms with Gasteiger partial charge in [-0.25, -0.2) is 0 Å². The number of thioether (sulfide) groups is 2. The molecule has 0 saturated carbocycles. The van der Waals surface area contributed by atoms with Crippen LogP contribution in [0, 0.1) is 11.8 Å². The third-order valence-electron chi connectivity index (χ3n) is 6.70. The number of aliphatic hydroxyl groups is 2. The Hall–Kier alpha value is 1.04. The van der Waals surface area contributed by atoms with Crippen LogP contribution >= 0.6 is 23.5 Å². The first kappa shape index (κ1) is 34.1. The standard InChI is InChI=1S/C24H45O4S2Si.3CH3.Sn/c1-7-22(17-25)23(26)24(29-13-9-14-30-24)16-20(2)10-8-11-21(3)18-28-19-27-12-15-31(4,5)6;;;;/h11,20,22-23,25-26H,1,8-10,12-19H2,2-6H3;3*1H3;/b21-11+;;;;/t20-,22-,23-;;;;/m0..../s1. The van der Waals surface area contributed by atoms with E-state index in [0.29, 0.717) is 19.3 Å². The summed E-state index contributed by atoms with van der Waals surface area (Å²) in [5.74, 6) is 2.44. The van der Waals surface area contributed by atoms with Crippen molar-refractivity contribution in [3.05, 3.63) is 21.8 Å². The maximum atomic E-state index is 11.6. The fraction of sp³-hybridized carbons (Fsp3) is 0.852. The SMILES string of the molecule is C=[C]([C@@H](CO)[C@H](O)C1(C[C@@H](C)CC/C=C(\C)COCOCC[Si](C)(C)C)SCCCS1)[Sn]([CH3])([CH3])[CH3]. The molecule has 0 aliphatic carbocycles. The molecule has 0 aromatic heterocycles. The van der Waals surface area contributed by atoms with Crippen LogP contribution in [0.5, 0.6) is 0 Å². The van der Waals surface area contributed by atoms with E-state index in [1.165, 1.54) is 18.0 Å². The normalized spacial score (nSPS) is 19.9. The van der Waals surface area contributed by atoms with Crippen LogP contribution in [-0.4, -0.2) is 85.0 Å². The molecule has 1 fully saturated rings. The second kappa shape index (κ2) is 16.2. The number of aliphatic hydroxyl groups excluding tert-OH is 2. The average Bonchev–Trinajstić information content (AvgIpc) is 2.75. The molecule has 0 unspecified atom stereocenters. The third kappa shape index (κ3) is 13.1. The predicted molar refractivity (Wildman–Crippen MR) is 163 cm³/mol. The molecule has 8 heteroatoms. The first-order chi connectivity index (χ1) is 16.2. The number of hydrogen-bond acceptors (Lipinski definition) is 6. The zero-order chi connectivity index (χ0) is 26.7. The summed E-state index contributed by atoms with van der Waals surface area (Å²) < 4.78 is 12.2. The maximum absolute atomic E-state index is 11.6. The van der Waals surface area contributed by atoms with Gasteiger partial charge in [-0.3, -0.25) is 0 Å². The summed E-state index contributed by atoms with van der Waals surface area (Å²) in [6, 6.07) is 1.17. The first-order valence-electron chi connectivity index (χ1n) is 13.3. The molecule has 0 spiro atoms. The molecular formula is C27H54O4S2SiSn. The topological polar surface area (TPSA) is 58.9 Å². The minimum atomic E-state index is -2.44. The number of ether oxygens (including phenoxy) is 2. The molecule has 0 bridgehead atoms. The van der Waals surface area contributed by atoms with Gasteiger partial charge in [-0.1, -0.05) is 19.6 Å². The number of allylic oxidation sites excluding steroid dienone is 1. The summed E-state index contributed by atoms with van der Waals surface area (Å²) in [5, 5.41) is 21.9. The van der Waals surface area contributed by atoms with Crippen LogP contribution in [0.4, 0.5) is 0 Å². The Labute approximate surface area is 230 Å². The van der Waals surface area contributed by atoms with E-state index in [1.807, 2.05) is 23.5 Å². The summed E-state index contributed by atoms with van der Waals surface area (Å²) in [6.45, 7) is 17.7. The molecule has 1 saturated heterocycles. The Morgan fingerprint density at radius 2 is 1.80 bits per heavy atom. The van der Waals surface area contributed by atoms with Crippen molar-refractivity contribution >= 4 is 50.0 Å². The van der Waals surface area contributed by atoms with Crippen molar-refractivity contribution in [2.75, 3.05) is 38.1 Å². The van der Waals surface area contributed by atoms with Gasteiger partial charge in [0.25, 0.3) is 0 Å². The van der Waals surface area contributed by atoms with Gasteiger partial charge in [-0.15, -0.1) is 0 Å². The molecule has 1 heterocycles. The molecule has 206 valence electrons. The summed E-state index contributed by atoms with van der Waals surface area (Å²) >= 11 is 1.39. The molecular weight excluding hydrogens is 599 g/mol.